The van der Waals surface area contributed by atoms with Gasteiger partial charge in [-0.25, -0.2) is 0 Å². The predicted molar refractivity (Wildman–Crippen MR) is 103 cm³/mol. The number of carbonyl (C=O) groups is 1. The number of benzene rings is 1. The lowest BCUT2D eigenvalue weighted by Gasteiger charge is -2.12. The Hall–Kier alpha value is -1.76. The largest absolute Gasteiger partial charge is 0.357 e. The summed E-state index contributed by atoms with van der Waals surface area (Å²) in [5.41, 5.74) is 2.70. The van der Waals surface area contributed by atoms with Gasteiger partial charge in [-0.15, -0.1) is 10.2 Å². The zero-order chi connectivity index (χ0) is 17.8. The van der Waals surface area contributed by atoms with Crippen LogP contribution in [0.2, 0.25) is 0 Å². The van der Waals surface area contributed by atoms with E-state index in [1.54, 1.807) is 0 Å². The lowest BCUT2D eigenvalue weighted by atomic mass is 10.1. The molecule has 0 bridgehead atoms. The molecule has 0 unspecified atom stereocenters. The normalized spacial score (nSPS) is 13.3. The van der Waals surface area contributed by atoms with Crippen molar-refractivity contribution in [1.29, 1.82) is 5.26 Å². The van der Waals surface area contributed by atoms with Gasteiger partial charge >= 0.3 is 0 Å². The van der Waals surface area contributed by atoms with Crippen molar-refractivity contribution in [1.82, 2.24) is 10.2 Å². The standard InChI is InChI=1S/C16H17N5OS3/c1-9-5-12(24-8-17)6-10(2)14(9)19-13(22)7-23-16-21-20-15(25-16)18-11-3-4-11/h5-6,11H,3-4,7H2,1-2H3,(H,18,20)(H,19,22). The highest BCUT2D eigenvalue weighted by Gasteiger charge is 2.22. The van der Waals surface area contributed by atoms with Crippen molar-refractivity contribution in [2.45, 2.75) is 42.0 Å². The summed E-state index contributed by atoms with van der Waals surface area (Å²) < 4.78 is 0.785. The van der Waals surface area contributed by atoms with E-state index in [4.69, 9.17) is 5.26 Å². The second-order valence-electron chi connectivity index (χ2n) is 5.75. The van der Waals surface area contributed by atoms with Crippen molar-refractivity contribution in [2.24, 2.45) is 0 Å². The molecular weight excluding hydrogens is 374 g/mol. The third-order valence-corrected chi connectivity index (χ3v) is 6.12. The molecule has 2 N–H and O–H groups in total. The summed E-state index contributed by atoms with van der Waals surface area (Å²) in [5, 5.41) is 26.1. The molecule has 0 atom stereocenters. The van der Waals surface area contributed by atoms with Crippen molar-refractivity contribution in [2.75, 3.05) is 16.4 Å². The third kappa shape index (κ3) is 5.11. The Morgan fingerprint density at radius 2 is 2.08 bits per heavy atom. The molecule has 6 nitrogen and oxygen atoms in total. The van der Waals surface area contributed by atoms with E-state index in [0.29, 0.717) is 6.04 Å². The van der Waals surface area contributed by atoms with Gasteiger partial charge in [0.15, 0.2) is 4.34 Å². The fourth-order valence-corrected chi connectivity index (χ4v) is 4.47. The molecule has 9 heteroatoms. The van der Waals surface area contributed by atoms with Gasteiger partial charge in [0, 0.05) is 16.6 Å². The van der Waals surface area contributed by atoms with Gasteiger partial charge in [0.1, 0.15) is 5.40 Å². The number of anilines is 2. The summed E-state index contributed by atoms with van der Waals surface area (Å²) in [7, 11) is 0. The lowest BCUT2D eigenvalue weighted by Crippen LogP contribution is -2.15. The van der Waals surface area contributed by atoms with Crippen LogP contribution in [0.5, 0.6) is 0 Å². The average molecular weight is 392 g/mol. The van der Waals surface area contributed by atoms with E-state index in [9.17, 15) is 4.79 Å². The number of hydrogen-bond donors (Lipinski definition) is 2. The number of thioether (sulfide) groups is 2. The number of nitrogens with one attached hydrogen (secondary N) is 2. The molecule has 1 aromatic carbocycles. The zero-order valence-corrected chi connectivity index (χ0v) is 16.3. The van der Waals surface area contributed by atoms with Gasteiger partial charge < -0.3 is 10.6 Å². The monoisotopic (exact) mass is 391 g/mol. The number of thiocyanates is 1. The topological polar surface area (TPSA) is 90.7 Å². The second kappa shape index (κ2) is 8.08. The van der Waals surface area contributed by atoms with Crippen LogP contribution in [-0.2, 0) is 4.79 Å². The number of amides is 1. The summed E-state index contributed by atoms with van der Waals surface area (Å²) in [6, 6.07) is 4.36. The van der Waals surface area contributed by atoms with Crippen LogP contribution in [0.15, 0.2) is 21.4 Å². The maximum Gasteiger partial charge on any atom is 0.234 e. The van der Waals surface area contributed by atoms with Crippen molar-refractivity contribution in [3.63, 3.8) is 0 Å². The van der Waals surface area contributed by atoms with Gasteiger partial charge in [0.05, 0.1) is 5.75 Å². The molecule has 1 heterocycles. The summed E-state index contributed by atoms with van der Waals surface area (Å²) >= 11 is 3.98. The van der Waals surface area contributed by atoms with Crippen LogP contribution >= 0.6 is 34.9 Å². The molecule has 3 rings (SSSR count). The number of aryl methyl sites for hydroxylation is 2. The van der Waals surface area contributed by atoms with Crippen LogP contribution < -0.4 is 10.6 Å². The molecule has 1 fully saturated rings. The van der Waals surface area contributed by atoms with Crippen molar-refractivity contribution >= 4 is 51.6 Å². The first-order valence-electron chi connectivity index (χ1n) is 7.75. The molecule has 0 aliphatic heterocycles. The highest BCUT2D eigenvalue weighted by molar-refractivity contribution is 8.03. The Morgan fingerprint density at radius 1 is 1.36 bits per heavy atom. The van der Waals surface area contributed by atoms with Gasteiger partial charge in [-0.3, -0.25) is 4.79 Å². The Balaban J connectivity index is 1.55. The molecule has 0 saturated heterocycles. The van der Waals surface area contributed by atoms with Gasteiger partial charge in [-0.2, -0.15) is 5.26 Å². The summed E-state index contributed by atoms with van der Waals surface area (Å²) in [6.07, 6.45) is 2.38. The fourth-order valence-electron chi connectivity index (χ4n) is 2.26. The Bertz CT molecular complexity index is 802. The predicted octanol–water partition coefficient (Wildman–Crippen LogP) is 4.03. The zero-order valence-electron chi connectivity index (χ0n) is 13.8. The molecule has 25 heavy (non-hydrogen) atoms. The van der Waals surface area contributed by atoms with E-state index in [2.05, 4.69) is 26.2 Å². The third-order valence-electron chi connectivity index (χ3n) is 3.57. The number of carbonyl (C=O) groups excluding carboxylic acids is 1. The van der Waals surface area contributed by atoms with E-state index in [-0.39, 0.29) is 11.7 Å². The maximum atomic E-state index is 12.2. The highest BCUT2D eigenvalue weighted by Crippen LogP contribution is 2.31. The minimum absolute atomic E-state index is 0.0798. The number of nitriles is 1. The first-order chi connectivity index (χ1) is 12.0. The Morgan fingerprint density at radius 3 is 2.72 bits per heavy atom. The smallest absolute Gasteiger partial charge is 0.234 e. The minimum Gasteiger partial charge on any atom is -0.357 e. The maximum absolute atomic E-state index is 12.2. The number of nitrogens with zero attached hydrogens (tertiary/aromatic N) is 3. The fraction of sp³-hybridized carbons (Fsp3) is 0.375. The molecular formula is C16H17N5OS3. The molecule has 1 aromatic heterocycles. The van der Waals surface area contributed by atoms with Crippen LogP contribution in [0, 0.1) is 24.5 Å². The SMILES string of the molecule is Cc1cc(SC#N)cc(C)c1NC(=O)CSc1nnc(NC2CC2)s1. The van der Waals surface area contributed by atoms with Gasteiger partial charge in [0.25, 0.3) is 0 Å². The molecule has 2 aromatic rings. The Kier molecular flexibility index (Phi) is 5.83. The van der Waals surface area contributed by atoms with Crippen molar-refractivity contribution in [3.05, 3.63) is 23.3 Å². The van der Waals surface area contributed by atoms with Gasteiger partial charge in [-0.1, -0.05) is 23.1 Å². The number of hydrogen-bond acceptors (Lipinski definition) is 8. The van der Waals surface area contributed by atoms with Crippen LogP contribution in [0.25, 0.3) is 0 Å². The molecule has 1 saturated carbocycles. The Labute approximate surface area is 158 Å². The van der Waals surface area contributed by atoms with Crippen LogP contribution in [0.4, 0.5) is 10.8 Å². The second-order valence-corrected chi connectivity index (χ2v) is 8.81. The first-order valence-corrected chi connectivity index (χ1v) is 10.4. The molecule has 130 valence electrons. The summed E-state index contributed by atoms with van der Waals surface area (Å²) in [4.78, 5) is 13.1. The molecule has 1 aliphatic rings. The van der Waals surface area contributed by atoms with E-state index in [0.717, 1.165) is 42.9 Å². The summed E-state index contributed by atoms with van der Waals surface area (Å²) in [6.45, 7) is 3.86. The van der Waals surface area contributed by atoms with Crippen LogP contribution in [0.3, 0.4) is 0 Å². The van der Waals surface area contributed by atoms with Crippen molar-refractivity contribution < 1.29 is 4.79 Å². The quantitative estimate of drug-likeness (QED) is 0.544. The average Bonchev–Trinajstić information content (AvgIpc) is 3.26. The van der Waals surface area contributed by atoms with Gasteiger partial charge in [-0.05, 0) is 61.7 Å². The lowest BCUT2D eigenvalue weighted by molar-refractivity contribution is -0.113. The first kappa shape index (κ1) is 18.0. The molecule has 0 radical (unpaired) electrons. The van der Waals surface area contributed by atoms with Crippen LogP contribution in [-0.4, -0.2) is 27.9 Å². The van der Waals surface area contributed by atoms with Crippen LogP contribution in [0.1, 0.15) is 24.0 Å². The molecule has 1 amide bonds. The summed E-state index contributed by atoms with van der Waals surface area (Å²) in [5.74, 6) is 0.204. The molecule has 1 aliphatic carbocycles. The number of aromatic nitrogens is 2. The molecule has 0 spiro atoms. The van der Waals surface area contributed by atoms with E-state index in [1.807, 2.05) is 26.0 Å². The minimum atomic E-state index is -0.0798. The highest BCUT2D eigenvalue weighted by atomic mass is 32.2. The van der Waals surface area contributed by atoms with Crippen molar-refractivity contribution in [3.8, 4) is 5.40 Å². The van der Waals surface area contributed by atoms with E-state index >= 15 is 0 Å². The van der Waals surface area contributed by atoms with E-state index in [1.165, 1.54) is 35.9 Å². The van der Waals surface area contributed by atoms with Gasteiger partial charge in [0.2, 0.25) is 11.0 Å². The number of rotatable bonds is 7. The van der Waals surface area contributed by atoms with E-state index < -0.39 is 0 Å².